The Kier molecular flexibility index (Phi) is 14.9. The van der Waals surface area contributed by atoms with Gasteiger partial charge in [0.25, 0.3) is 0 Å². The molecule has 2 atom stereocenters. The maximum atomic E-state index is 7.01. The van der Waals surface area contributed by atoms with Crippen LogP contribution in [0.25, 0.3) is 0 Å². The Bertz CT molecular complexity index is 997. The molecule has 3 nitrogen and oxygen atoms in total. The van der Waals surface area contributed by atoms with Crippen LogP contribution >= 0.6 is 20.3 Å². The van der Waals surface area contributed by atoms with Crippen LogP contribution in [0, 0.1) is 0 Å². The SMILES string of the molecule is CC(C)c1cc(C(C)C)c(C(N)CC[N](CCC(N)c2c(C(C)C)cc(C(C)C)cc2C(C)C)[Co]([Cl])[Cl])c(C(C)C)c1. The maximum absolute atomic E-state index is 7.01. The molecule has 0 aliphatic rings. The van der Waals surface area contributed by atoms with Gasteiger partial charge >= 0.3 is 273 Å². The molecule has 4 N–H and O–H groups in total. The first kappa shape index (κ1) is 37.6. The normalized spacial score (nSPS) is 14.4. The standard InChI is InChI=1S/C36H60N3.2ClH.Co/c1-21(2)27-17-29(23(5)6)35(30(18-27)24(7)8)33(37)13-15-39-16-14-34(38)36-31(25(9)10)19-28(22(3)4)20-32(36)26(11)12;;;/h17-26,33-34H,13-16,37-38H2,1-12H3;2*1H;/q-1;;;+3/p-2. The third-order valence-electron chi connectivity index (χ3n) is 8.60. The number of benzene rings is 2. The zero-order valence-electron chi connectivity index (χ0n) is 28.4. The number of nitrogens with zero attached hydrogens (tertiary/aromatic N) is 1. The molecule has 0 heterocycles. The van der Waals surface area contributed by atoms with E-state index in [0.717, 1.165) is 25.9 Å². The molecule has 2 aromatic rings. The van der Waals surface area contributed by atoms with Crippen LogP contribution in [0.15, 0.2) is 24.3 Å². The fraction of sp³-hybridized carbons (Fsp3) is 0.667. The third kappa shape index (κ3) is 9.70. The topological polar surface area (TPSA) is 55.3 Å². The van der Waals surface area contributed by atoms with Crippen molar-refractivity contribution < 1.29 is 12.1 Å². The Morgan fingerprint density at radius 1 is 0.524 bits per heavy atom. The number of hydrogen-bond acceptors (Lipinski definition) is 3. The second kappa shape index (κ2) is 16.6. The summed E-state index contributed by atoms with van der Waals surface area (Å²) in [5, 5.41) is 0. The first-order valence-corrected chi connectivity index (χ1v) is 19.4. The zero-order valence-corrected chi connectivity index (χ0v) is 31.0. The van der Waals surface area contributed by atoms with Crippen molar-refractivity contribution in [3.8, 4) is 0 Å². The molecule has 42 heavy (non-hydrogen) atoms. The van der Waals surface area contributed by atoms with Gasteiger partial charge in [0.2, 0.25) is 0 Å². The predicted molar refractivity (Wildman–Crippen MR) is 184 cm³/mol. The molecule has 0 radical (unpaired) electrons. The molecule has 0 amide bonds. The fourth-order valence-corrected chi connectivity index (χ4v) is 7.49. The first-order chi connectivity index (χ1) is 19.5. The molecule has 0 bridgehead atoms. The minimum absolute atomic E-state index is 0.0799. The summed E-state index contributed by atoms with van der Waals surface area (Å²) in [6.45, 7) is 28.7. The van der Waals surface area contributed by atoms with Crippen molar-refractivity contribution in [3.05, 3.63) is 68.8 Å². The second-order valence-corrected chi connectivity index (χ2v) is 17.6. The summed E-state index contributed by atoms with van der Waals surface area (Å²) in [6, 6.07) is 9.36. The van der Waals surface area contributed by atoms with E-state index < -0.39 is 12.1 Å². The second-order valence-electron chi connectivity index (χ2n) is 14.0. The van der Waals surface area contributed by atoms with Crippen molar-refractivity contribution in [2.45, 2.75) is 144 Å². The van der Waals surface area contributed by atoms with Crippen LogP contribution < -0.4 is 11.5 Å². The molecule has 2 rings (SSSR count). The average Bonchev–Trinajstić information content (AvgIpc) is 2.90. The summed E-state index contributed by atoms with van der Waals surface area (Å²) in [5.74, 6) is 2.58. The van der Waals surface area contributed by atoms with E-state index in [1.807, 2.05) is 0 Å². The van der Waals surface area contributed by atoms with Crippen molar-refractivity contribution in [2.75, 3.05) is 13.1 Å². The molecule has 6 heteroatoms. The molecule has 0 aliphatic carbocycles. The fourth-order valence-electron chi connectivity index (χ4n) is 5.94. The van der Waals surface area contributed by atoms with Gasteiger partial charge in [-0.05, 0) is 0 Å². The van der Waals surface area contributed by atoms with E-state index in [2.05, 4.69) is 111 Å². The summed E-state index contributed by atoms with van der Waals surface area (Å²) >= 11 is -1.28. The van der Waals surface area contributed by atoms with Crippen LogP contribution in [0.3, 0.4) is 0 Å². The molecule has 2 aromatic carbocycles. The molecule has 242 valence electrons. The van der Waals surface area contributed by atoms with Crippen molar-refractivity contribution in [1.82, 2.24) is 3.95 Å². The Balaban J connectivity index is 2.32. The Hall–Kier alpha value is -0.594. The van der Waals surface area contributed by atoms with Gasteiger partial charge in [0.05, 0.1) is 0 Å². The summed E-state index contributed by atoms with van der Waals surface area (Å²) in [4.78, 5) is 0. The van der Waals surface area contributed by atoms with Crippen LogP contribution in [0.5, 0.6) is 0 Å². The van der Waals surface area contributed by atoms with Gasteiger partial charge < -0.3 is 0 Å². The van der Waals surface area contributed by atoms with Gasteiger partial charge in [0.1, 0.15) is 0 Å². The predicted octanol–water partition coefficient (Wildman–Crippen LogP) is 11.0. The van der Waals surface area contributed by atoms with Crippen molar-refractivity contribution in [1.29, 1.82) is 0 Å². The monoisotopic (exact) mass is 663 g/mol. The van der Waals surface area contributed by atoms with Crippen molar-refractivity contribution in [2.24, 2.45) is 11.5 Å². The Labute approximate surface area is 272 Å². The summed E-state index contributed by atoms with van der Waals surface area (Å²) in [6.07, 6.45) is 1.59. The summed E-state index contributed by atoms with van der Waals surface area (Å²) in [5.41, 5.74) is 24.9. The van der Waals surface area contributed by atoms with E-state index in [4.69, 9.17) is 31.8 Å². The number of halogens is 2. The average molecular weight is 665 g/mol. The van der Waals surface area contributed by atoms with E-state index in [1.54, 1.807) is 0 Å². The molecule has 2 unspecified atom stereocenters. The minimum atomic E-state index is -1.28. The summed E-state index contributed by atoms with van der Waals surface area (Å²) in [7, 11) is 13.2. The quantitative estimate of drug-likeness (QED) is 0.199. The van der Waals surface area contributed by atoms with Gasteiger partial charge in [-0.25, -0.2) is 0 Å². The first-order valence-electron chi connectivity index (χ1n) is 16.1. The van der Waals surface area contributed by atoms with Gasteiger partial charge in [-0.3, -0.25) is 0 Å². The molecule has 0 aromatic heterocycles. The molecular weight excluding hydrogens is 604 g/mol. The van der Waals surface area contributed by atoms with Gasteiger partial charge in [-0.2, -0.15) is 0 Å². The van der Waals surface area contributed by atoms with Gasteiger partial charge in [0.15, 0.2) is 0 Å². The van der Waals surface area contributed by atoms with Crippen molar-refractivity contribution >= 4 is 20.3 Å². The van der Waals surface area contributed by atoms with Gasteiger partial charge in [-0.1, -0.05) is 0 Å². The molecular formula is C36H60Cl2CoN3. The molecule has 0 spiro atoms. The van der Waals surface area contributed by atoms with Crippen LogP contribution in [-0.4, -0.2) is 17.0 Å². The van der Waals surface area contributed by atoms with E-state index in [0.29, 0.717) is 35.5 Å². The third-order valence-corrected chi connectivity index (χ3v) is 10.9. The molecule has 0 fully saturated rings. The van der Waals surface area contributed by atoms with Gasteiger partial charge in [-0.15, -0.1) is 0 Å². The van der Waals surface area contributed by atoms with Crippen LogP contribution in [0.2, 0.25) is 0 Å². The zero-order chi connectivity index (χ0) is 32.0. The number of nitrogens with two attached hydrogens (primary N) is 2. The summed E-state index contributed by atoms with van der Waals surface area (Å²) < 4.78 is 2.19. The number of rotatable bonds is 15. The Morgan fingerprint density at radius 2 is 0.786 bits per heavy atom. The van der Waals surface area contributed by atoms with Crippen LogP contribution in [0.1, 0.15) is 188 Å². The van der Waals surface area contributed by atoms with Gasteiger partial charge in [0, 0.05) is 0 Å². The van der Waals surface area contributed by atoms with Crippen LogP contribution in [-0.2, 0) is 12.1 Å². The molecule has 0 aliphatic heterocycles. The molecule has 0 saturated carbocycles. The van der Waals surface area contributed by atoms with E-state index >= 15 is 0 Å². The van der Waals surface area contributed by atoms with E-state index in [1.165, 1.54) is 44.5 Å². The van der Waals surface area contributed by atoms with E-state index in [-0.39, 0.29) is 12.1 Å². The molecule has 0 saturated heterocycles. The van der Waals surface area contributed by atoms with Crippen molar-refractivity contribution in [3.63, 3.8) is 0 Å². The van der Waals surface area contributed by atoms with Crippen LogP contribution in [0.4, 0.5) is 0 Å². The Morgan fingerprint density at radius 3 is 0.976 bits per heavy atom. The number of hydrogen-bond donors (Lipinski definition) is 2. The van der Waals surface area contributed by atoms with E-state index in [9.17, 15) is 0 Å².